The van der Waals surface area contributed by atoms with Gasteiger partial charge >= 0.3 is 0 Å². The average molecular weight is 297 g/mol. The Morgan fingerprint density at radius 1 is 1.27 bits per heavy atom. The molecule has 2 aromatic rings. The molecular weight excluding hydrogens is 284 g/mol. The van der Waals surface area contributed by atoms with Crippen LogP contribution in [0.2, 0.25) is 0 Å². The molecule has 1 heterocycles. The maximum atomic E-state index is 13.3. The van der Waals surface area contributed by atoms with Gasteiger partial charge in [0.05, 0.1) is 11.4 Å². The van der Waals surface area contributed by atoms with Crippen LogP contribution in [-0.4, -0.2) is 12.0 Å². The summed E-state index contributed by atoms with van der Waals surface area (Å²) in [6.07, 6.45) is 1.52. The van der Waals surface area contributed by atoms with Crippen LogP contribution in [0.5, 0.6) is 0 Å². The highest BCUT2D eigenvalue weighted by atomic mass is 19.2. The molecule has 0 radical (unpaired) electrons. The van der Waals surface area contributed by atoms with Crippen LogP contribution in [0.25, 0.3) is 16.8 Å². The summed E-state index contributed by atoms with van der Waals surface area (Å²) in [5, 5.41) is 11.9. The second-order valence-electron chi connectivity index (χ2n) is 4.39. The lowest BCUT2D eigenvalue weighted by Crippen LogP contribution is -2.07. The lowest BCUT2D eigenvalue weighted by molar-refractivity contribution is 0.509. The van der Waals surface area contributed by atoms with E-state index in [1.54, 1.807) is 25.2 Å². The highest BCUT2D eigenvalue weighted by Gasteiger charge is 2.10. The Kier molecular flexibility index (Phi) is 4.64. The van der Waals surface area contributed by atoms with Gasteiger partial charge in [-0.15, -0.1) is 0 Å². The van der Waals surface area contributed by atoms with Crippen molar-refractivity contribution in [2.75, 3.05) is 7.05 Å². The van der Waals surface area contributed by atoms with Crippen LogP contribution in [0, 0.1) is 23.0 Å². The zero-order valence-corrected chi connectivity index (χ0v) is 11.9. The molecule has 0 aliphatic rings. The van der Waals surface area contributed by atoms with Gasteiger partial charge in [-0.3, -0.25) is 0 Å². The summed E-state index contributed by atoms with van der Waals surface area (Å²) in [5.74, 6) is -1.84. The summed E-state index contributed by atoms with van der Waals surface area (Å²) in [5.41, 5.74) is 2.30. The first kappa shape index (κ1) is 15.4. The Hall–Kier alpha value is -3.00. The van der Waals surface area contributed by atoms with Gasteiger partial charge in [-0.1, -0.05) is 18.7 Å². The molecule has 1 aromatic heterocycles. The molecule has 0 bridgehead atoms. The molecule has 110 valence electrons. The minimum absolute atomic E-state index is 0.324. The van der Waals surface area contributed by atoms with Gasteiger partial charge in [0, 0.05) is 18.2 Å². The first-order valence-electron chi connectivity index (χ1n) is 6.48. The van der Waals surface area contributed by atoms with Gasteiger partial charge in [0.15, 0.2) is 11.6 Å². The minimum Gasteiger partial charge on any atom is -0.379 e. The number of nitrogens with zero attached hydrogens (tertiary/aromatic N) is 2. The molecule has 5 heteroatoms. The fourth-order valence-electron chi connectivity index (χ4n) is 1.99. The summed E-state index contributed by atoms with van der Waals surface area (Å²) in [4.78, 5) is 4.39. The number of allylic oxidation sites excluding steroid dienone is 3. The van der Waals surface area contributed by atoms with Crippen LogP contribution < -0.4 is 5.32 Å². The molecule has 1 aromatic carbocycles. The highest BCUT2D eigenvalue weighted by molar-refractivity contribution is 5.77. The van der Waals surface area contributed by atoms with E-state index < -0.39 is 11.6 Å². The van der Waals surface area contributed by atoms with Gasteiger partial charge in [-0.05, 0) is 30.3 Å². The van der Waals surface area contributed by atoms with E-state index in [4.69, 9.17) is 5.26 Å². The SMILES string of the molecule is C=C/C(=C(/C#N)NC)c1cccc(-c2ccc(F)c(F)c2)n1. The van der Waals surface area contributed by atoms with Crippen molar-refractivity contribution >= 4 is 5.57 Å². The monoisotopic (exact) mass is 297 g/mol. The van der Waals surface area contributed by atoms with Crippen LogP contribution >= 0.6 is 0 Å². The minimum atomic E-state index is -0.933. The Labute approximate surface area is 127 Å². The maximum absolute atomic E-state index is 13.3. The molecule has 3 nitrogen and oxygen atoms in total. The lowest BCUT2D eigenvalue weighted by Gasteiger charge is -2.08. The normalized spacial score (nSPS) is 11.4. The molecule has 0 atom stereocenters. The van der Waals surface area contributed by atoms with Crippen molar-refractivity contribution in [3.8, 4) is 17.3 Å². The molecule has 0 saturated carbocycles. The van der Waals surface area contributed by atoms with Crippen molar-refractivity contribution in [1.29, 1.82) is 5.26 Å². The van der Waals surface area contributed by atoms with Crippen molar-refractivity contribution in [3.05, 3.63) is 72.1 Å². The van der Waals surface area contributed by atoms with Crippen LogP contribution in [0.4, 0.5) is 8.78 Å². The second kappa shape index (κ2) is 6.64. The van der Waals surface area contributed by atoms with Gasteiger partial charge in [0.2, 0.25) is 0 Å². The Balaban J connectivity index is 2.55. The first-order chi connectivity index (χ1) is 10.6. The number of rotatable bonds is 4. The third kappa shape index (κ3) is 3.01. The van der Waals surface area contributed by atoms with E-state index in [1.165, 1.54) is 12.1 Å². The van der Waals surface area contributed by atoms with Gasteiger partial charge in [0.25, 0.3) is 0 Å². The van der Waals surface area contributed by atoms with Gasteiger partial charge in [0.1, 0.15) is 11.8 Å². The lowest BCUT2D eigenvalue weighted by atomic mass is 10.1. The van der Waals surface area contributed by atoms with Crippen molar-refractivity contribution in [2.24, 2.45) is 0 Å². The predicted molar refractivity (Wildman–Crippen MR) is 81.4 cm³/mol. The number of pyridine rings is 1. The zero-order chi connectivity index (χ0) is 16.1. The predicted octanol–water partition coefficient (Wildman–Crippen LogP) is 3.67. The van der Waals surface area contributed by atoms with Gasteiger partial charge in [-0.2, -0.15) is 5.26 Å². The highest BCUT2D eigenvalue weighted by Crippen LogP contribution is 2.23. The van der Waals surface area contributed by atoms with Crippen LogP contribution in [0.1, 0.15) is 5.69 Å². The number of nitriles is 1. The van der Waals surface area contributed by atoms with Crippen molar-refractivity contribution in [3.63, 3.8) is 0 Å². The number of hydrogen-bond acceptors (Lipinski definition) is 3. The average Bonchev–Trinajstić information content (AvgIpc) is 2.55. The zero-order valence-electron chi connectivity index (χ0n) is 11.9. The molecule has 0 aliphatic carbocycles. The van der Waals surface area contributed by atoms with Crippen LogP contribution in [0.15, 0.2) is 54.8 Å². The number of aromatic nitrogens is 1. The molecule has 0 unspecified atom stereocenters. The molecule has 0 spiro atoms. The third-order valence-electron chi connectivity index (χ3n) is 3.08. The molecule has 1 N–H and O–H groups in total. The topological polar surface area (TPSA) is 48.7 Å². The van der Waals surface area contributed by atoms with E-state index in [1.807, 2.05) is 6.07 Å². The van der Waals surface area contributed by atoms with Gasteiger partial charge < -0.3 is 5.32 Å². The molecule has 0 saturated heterocycles. The third-order valence-corrected chi connectivity index (χ3v) is 3.08. The summed E-state index contributed by atoms with van der Waals surface area (Å²) >= 11 is 0. The second-order valence-corrected chi connectivity index (χ2v) is 4.39. The Morgan fingerprint density at radius 2 is 2.05 bits per heavy atom. The van der Waals surface area contributed by atoms with Crippen molar-refractivity contribution in [2.45, 2.75) is 0 Å². The van der Waals surface area contributed by atoms with E-state index in [2.05, 4.69) is 16.9 Å². The number of benzene rings is 1. The first-order valence-corrected chi connectivity index (χ1v) is 6.48. The van der Waals surface area contributed by atoms with Crippen molar-refractivity contribution in [1.82, 2.24) is 10.3 Å². The maximum Gasteiger partial charge on any atom is 0.159 e. The van der Waals surface area contributed by atoms with Crippen molar-refractivity contribution < 1.29 is 8.78 Å². The van der Waals surface area contributed by atoms with E-state index >= 15 is 0 Å². The number of hydrogen-bond donors (Lipinski definition) is 1. The summed E-state index contributed by atoms with van der Waals surface area (Å²) < 4.78 is 26.4. The number of nitrogens with one attached hydrogen (secondary N) is 1. The summed E-state index contributed by atoms with van der Waals surface area (Å²) in [6, 6.07) is 10.7. The Morgan fingerprint density at radius 3 is 2.64 bits per heavy atom. The van der Waals surface area contributed by atoms with Gasteiger partial charge in [-0.25, -0.2) is 13.8 Å². The smallest absolute Gasteiger partial charge is 0.159 e. The molecule has 22 heavy (non-hydrogen) atoms. The van der Waals surface area contributed by atoms with Crippen LogP contribution in [0.3, 0.4) is 0 Å². The standard InChI is InChI=1S/C17H13F2N3/c1-3-12(17(10-20)21-2)16-6-4-5-15(22-16)11-7-8-13(18)14(19)9-11/h3-9,21H,1H2,2H3/b17-12+. The fourth-order valence-corrected chi connectivity index (χ4v) is 1.99. The van der Waals surface area contributed by atoms with Crippen LogP contribution in [-0.2, 0) is 0 Å². The van der Waals surface area contributed by atoms with E-state index in [0.717, 1.165) is 12.1 Å². The van der Waals surface area contributed by atoms with E-state index in [-0.39, 0.29) is 0 Å². The molecule has 0 fully saturated rings. The number of halogens is 2. The fraction of sp³-hybridized carbons (Fsp3) is 0.0588. The molecule has 0 aliphatic heterocycles. The summed E-state index contributed by atoms with van der Waals surface area (Å²) in [7, 11) is 1.63. The molecule has 0 amide bonds. The summed E-state index contributed by atoms with van der Waals surface area (Å²) in [6.45, 7) is 3.68. The Bertz CT molecular complexity index is 789. The van der Waals surface area contributed by atoms with E-state index in [0.29, 0.717) is 28.2 Å². The molecular formula is C17H13F2N3. The largest absolute Gasteiger partial charge is 0.379 e. The van der Waals surface area contributed by atoms with E-state index in [9.17, 15) is 8.78 Å². The quantitative estimate of drug-likeness (QED) is 0.692. The molecule has 2 rings (SSSR count).